The first kappa shape index (κ1) is 29.7. The maximum atomic E-state index is 13.0. The second-order valence-electron chi connectivity index (χ2n) is 8.99. The number of rotatable bonds is 13. The molecule has 2 aromatic carbocycles. The molecule has 10 nitrogen and oxygen atoms in total. The van der Waals surface area contributed by atoms with Crippen molar-refractivity contribution in [3.8, 4) is 11.5 Å². The molecule has 1 heterocycles. The van der Waals surface area contributed by atoms with Crippen molar-refractivity contribution in [2.24, 2.45) is 0 Å². The van der Waals surface area contributed by atoms with Gasteiger partial charge >= 0.3 is 0 Å². The van der Waals surface area contributed by atoms with Crippen molar-refractivity contribution in [1.29, 1.82) is 0 Å². The van der Waals surface area contributed by atoms with Crippen molar-refractivity contribution < 1.29 is 31.1 Å². The van der Waals surface area contributed by atoms with Crippen LogP contribution in [0.1, 0.15) is 39.5 Å². The molecule has 0 radical (unpaired) electrons. The Balaban J connectivity index is 1.57. The second kappa shape index (κ2) is 13.3. The Hall–Kier alpha value is -2.83. The van der Waals surface area contributed by atoms with Crippen LogP contribution in [0.2, 0.25) is 0 Å². The van der Waals surface area contributed by atoms with E-state index in [9.17, 15) is 21.6 Å². The van der Waals surface area contributed by atoms with Crippen molar-refractivity contribution in [2.75, 3.05) is 43.4 Å². The highest BCUT2D eigenvalue weighted by Gasteiger charge is 2.31. The Morgan fingerprint density at radius 1 is 0.921 bits per heavy atom. The molecule has 0 unspecified atom stereocenters. The van der Waals surface area contributed by atoms with E-state index >= 15 is 0 Å². The Morgan fingerprint density at radius 2 is 1.50 bits per heavy atom. The van der Waals surface area contributed by atoms with Gasteiger partial charge in [-0.3, -0.25) is 9.10 Å². The van der Waals surface area contributed by atoms with Crippen LogP contribution in [0, 0.1) is 0 Å². The van der Waals surface area contributed by atoms with Gasteiger partial charge in [0.1, 0.15) is 24.1 Å². The topological polar surface area (TPSA) is 122 Å². The number of nitrogens with one attached hydrogen (secondary N) is 1. The Morgan fingerprint density at radius 3 is 2.05 bits per heavy atom. The van der Waals surface area contributed by atoms with Gasteiger partial charge in [-0.1, -0.05) is 13.3 Å². The van der Waals surface area contributed by atoms with Gasteiger partial charge < -0.3 is 14.8 Å². The zero-order chi connectivity index (χ0) is 27.8. The van der Waals surface area contributed by atoms with Gasteiger partial charge in [0, 0.05) is 13.1 Å². The summed E-state index contributed by atoms with van der Waals surface area (Å²) in [7, 11) is -7.27. The highest BCUT2D eigenvalue weighted by molar-refractivity contribution is 7.92. The molecular formula is C26H37N3O7S2. The average Bonchev–Trinajstić information content (AvgIpc) is 2.90. The molecule has 0 bridgehead atoms. The second-order valence-corrected chi connectivity index (χ2v) is 12.8. The van der Waals surface area contributed by atoms with E-state index < -0.39 is 32.0 Å². The van der Waals surface area contributed by atoms with Crippen molar-refractivity contribution in [2.45, 2.75) is 50.5 Å². The lowest BCUT2D eigenvalue weighted by Gasteiger charge is -2.30. The minimum Gasteiger partial charge on any atom is -0.494 e. The number of nitrogens with zero attached hydrogens (tertiary/aromatic N) is 2. The molecule has 2 aromatic rings. The van der Waals surface area contributed by atoms with E-state index in [1.54, 1.807) is 43.3 Å². The van der Waals surface area contributed by atoms with Gasteiger partial charge in [0.25, 0.3) is 0 Å². The summed E-state index contributed by atoms with van der Waals surface area (Å²) in [5, 5.41) is 2.74. The molecule has 1 atom stereocenters. The molecule has 210 valence electrons. The molecule has 12 heteroatoms. The SMILES string of the molecule is CCOc1ccc(N([C@@H](CC)C(=O)NCCOc2ccc(S(=O)(=O)N3CCCCC3)cc2)S(C)(=O)=O)cc1. The maximum absolute atomic E-state index is 13.0. The normalized spacial score (nSPS) is 15.4. The van der Waals surface area contributed by atoms with Crippen LogP contribution in [0.4, 0.5) is 5.69 Å². The van der Waals surface area contributed by atoms with Crippen molar-refractivity contribution in [3.05, 3.63) is 48.5 Å². The summed E-state index contributed by atoms with van der Waals surface area (Å²) < 4.78 is 64.5. The van der Waals surface area contributed by atoms with Crippen LogP contribution in [0.5, 0.6) is 11.5 Å². The summed E-state index contributed by atoms with van der Waals surface area (Å²) in [5.74, 6) is 0.630. The summed E-state index contributed by atoms with van der Waals surface area (Å²) in [6.07, 6.45) is 4.11. The van der Waals surface area contributed by atoms with Crippen molar-refractivity contribution in [3.63, 3.8) is 0 Å². The number of carbonyl (C=O) groups excluding carboxylic acids is 1. The summed E-state index contributed by atoms with van der Waals surface area (Å²) in [6.45, 7) is 5.43. The number of piperidine rings is 1. The Kier molecular flexibility index (Phi) is 10.4. The maximum Gasteiger partial charge on any atom is 0.244 e. The third-order valence-electron chi connectivity index (χ3n) is 6.18. The monoisotopic (exact) mass is 567 g/mol. The van der Waals surface area contributed by atoms with E-state index in [2.05, 4.69) is 5.32 Å². The number of amides is 1. The lowest BCUT2D eigenvalue weighted by Crippen LogP contribution is -2.50. The standard InChI is InChI=1S/C26H37N3O7S2/c1-4-25(29(37(3,31)32)21-9-11-22(12-10-21)35-5-2)26(30)27-17-20-36-23-13-15-24(16-14-23)38(33,34)28-18-7-6-8-19-28/h9-16,25H,4-8,17-20H2,1-3H3,(H,27,30)/t25-/m0/s1. The summed E-state index contributed by atoms with van der Waals surface area (Å²) in [4.78, 5) is 13.2. The predicted molar refractivity (Wildman–Crippen MR) is 147 cm³/mol. The number of hydrogen-bond donors (Lipinski definition) is 1. The fraction of sp³-hybridized carbons (Fsp3) is 0.500. The molecule has 1 amide bonds. The first-order chi connectivity index (χ1) is 18.1. The summed E-state index contributed by atoms with van der Waals surface area (Å²) in [5.41, 5.74) is 0.369. The van der Waals surface area contributed by atoms with Gasteiger partial charge in [-0.05, 0) is 74.7 Å². The lowest BCUT2D eigenvalue weighted by atomic mass is 10.2. The number of benzene rings is 2. The zero-order valence-corrected chi connectivity index (χ0v) is 23.8. The van der Waals surface area contributed by atoms with Gasteiger partial charge in [-0.2, -0.15) is 4.31 Å². The van der Waals surface area contributed by atoms with E-state index in [1.807, 2.05) is 6.92 Å². The third-order valence-corrected chi connectivity index (χ3v) is 9.27. The molecule has 0 aliphatic carbocycles. The zero-order valence-electron chi connectivity index (χ0n) is 22.1. The fourth-order valence-electron chi connectivity index (χ4n) is 4.34. The van der Waals surface area contributed by atoms with Crippen LogP contribution in [0.3, 0.4) is 0 Å². The molecule has 0 spiro atoms. The predicted octanol–water partition coefficient (Wildman–Crippen LogP) is 3.00. The van der Waals surface area contributed by atoms with Gasteiger partial charge in [0.2, 0.25) is 26.0 Å². The van der Waals surface area contributed by atoms with Crippen LogP contribution in [0.15, 0.2) is 53.4 Å². The summed E-state index contributed by atoms with van der Waals surface area (Å²) in [6, 6.07) is 11.8. The molecule has 0 aromatic heterocycles. The fourth-order valence-corrected chi connectivity index (χ4v) is 7.07. The molecular weight excluding hydrogens is 530 g/mol. The van der Waals surface area contributed by atoms with Crippen LogP contribution >= 0.6 is 0 Å². The Bertz CT molecular complexity index is 1260. The number of hydrogen-bond acceptors (Lipinski definition) is 7. The molecule has 38 heavy (non-hydrogen) atoms. The van der Waals surface area contributed by atoms with E-state index in [-0.39, 0.29) is 24.5 Å². The average molecular weight is 568 g/mol. The minimum atomic E-state index is -3.75. The van der Waals surface area contributed by atoms with E-state index in [1.165, 1.54) is 16.4 Å². The highest BCUT2D eigenvalue weighted by atomic mass is 32.2. The van der Waals surface area contributed by atoms with Crippen LogP contribution in [-0.2, 0) is 24.8 Å². The molecule has 1 aliphatic rings. The quantitative estimate of drug-likeness (QED) is 0.369. The van der Waals surface area contributed by atoms with Crippen molar-refractivity contribution >= 4 is 31.6 Å². The molecule has 1 aliphatic heterocycles. The first-order valence-corrected chi connectivity index (χ1v) is 16.1. The van der Waals surface area contributed by atoms with Gasteiger partial charge in [-0.25, -0.2) is 16.8 Å². The molecule has 1 N–H and O–H groups in total. The van der Waals surface area contributed by atoms with Gasteiger partial charge in [0.05, 0.1) is 30.0 Å². The summed E-state index contributed by atoms with van der Waals surface area (Å²) >= 11 is 0. The highest BCUT2D eigenvalue weighted by Crippen LogP contribution is 2.26. The lowest BCUT2D eigenvalue weighted by molar-refractivity contribution is -0.122. The van der Waals surface area contributed by atoms with Crippen LogP contribution in [0.25, 0.3) is 0 Å². The van der Waals surface area contributed by atoms with E-state index in [0.29, 0.717) is 36.9 Å². The van der Waals surface area contributed by atoms with Crippen molar-refractivity contribution in [1.82, 2.24) is 9.62 Å². The van der Waals surface area contributed by atoms with E-state index in [4.69, 9.17) is 9.47 Å². The van der Waals surface area contributed by atoms with Crippen LogP contribution < -0.4 is 19.1 Å². The number of anilines is 1. The Labute approximate surface area is 226 Å². The number of ether oxygens (including phenoxy) is 2. The third kappa shape index (κ3) is 7.61. The molecule has 1 fully saturated rings. The van der Waals surface area contributed by atoms with Gasteiger partial charge in [0.15, 0.2) is 0 Å². The van der Waals surface area contributed by atoms with E-state index in [0.717, 1.165) is 29.8 Å². The molecule has 0 saturated carbocycles. The first-order valence-electron chi connectivity index (χ1n) is 12.8. The largest absolute Gasteiger partial charge is 0.494 e. The van der Waals surface area contributed by atoms with Crippen LogP contribution in [-0.4, -0.2) is 72.2 Å². The van der Waals surface area contributed by atoms with Gasteiger partial charge in [-0.15, -0.1) is 0 Å². The molecule has 3 rings (SSSR count). The smallest absolute Gasteiger partial charge is 0.244 e. The minimum absolute atomic E-state index is 0.127. The number of carbonyl (C=O) groups is 1. The molecule has 1 saturated heterocycles. The number of sulfonamides is 2.